The monoisotopic (exact) mass is 495 g/mol. The highest BCUT2D eigenvalue weighted by atomic mass is 35.5. The number of thiazole rings is 1. The van der Waals surface area contributed by atoms with Crippen molar-refractivity contribution < 1.29 is 14.3 Å². The number of hydrogen-bond acceptors (Lipinski definition) is 5. The second kappa shape index (κ2) is 11.0. The molecule has 0 radical (unpaired) electrons. The standard InChI is InChI=1S/C26H26ClN3O3S/c1-19(31)30(23-8-3-2-4-9-23)25-29-22(17-34-25)10-11-24(32)28-18-26(12-14-33-15-13-26)20-6-5-7-21(27)16-20/h2-11,16-17H,12-15,18H2,1H3,(H,28,32)/b11-10+. The third kappa shape index (κ3) is 5.73. The van der Waals surface area contributed by atoms with Crippen molar-refractivity contribution in [3.63, 3.8) is 0 Å². The minimum Gasteiger partial charge on any atom is -0.381 e. The highest BCUT2D eigenvalue weighted by molar-refractivity contribution is 7.14. The summed E-state index contributed by atoms with van der Waals surface area (Å²) in [6, 6.07) is 17.2. The molecule has 0 atom stereocenters. The van der Waals surface area contributed by atoms with E-state index in [-0.39, 0.29) is 17.2 Å². The highest BCUT2D eigenvalue weighted by Gasteiger charge is 2.34. The Kier molecular flexibility index (Phi) is 7.77. The zero-order valence-corrected chi connectivity index (χ0v) is 20.4. The Morgan fingerprint density at radius 1 is 1.18 bits per heavy atom. The van der Waals surface area contributed by atoms with E-state index in [0.717, 1.165) is 24.1 Å². The zero-order valence-electron chi connectivity index (χ0n) is 18.9. The van der Waals surface area contributed by atoms with E-state index < -0.39 is 0 Å². The number of halogens is 1. The van der Waals surface area contributed by atoms with Crippen LogP contribution in [0.5, 0.6) is 0 Å². The average molecular weight is 496 g/mol. The molecule has 0 aliphatic carbocycles. The van der Waals surface area contributed by atoms with Crippen molar-refractivity contribution in [3.05, 3.63) is 82.3 Å². The van der Waals surface area contributed by atoms with Gasteiger partial charge in [0.15, 0.2) is 5.13 Å². The number of nitrogens with zero attached hydrogens (tertiary/aromatic N) is 2. The van der Waals surface area contributed by atoms with E-state index in [1.54, 1.807) is 11.0 Å². The van der Waals surface area contributed by atoms with Crippen LogP contribution in [0, 0.1) is 0 Å². The predicted molar refractivity (Wildman–Crippen MR) is 137 cm³/mol. The molecular weight excluding hydrogens is 470 g/mol. The Balaban J connectivity index is 1.43. The Morgan fingerprint density at radius 3 is 2.65 bits per heavy atom. The SMILES string of the molecule is CC(=O)N(c1ccccc1)c1nc(/C=C/C(=O)NCC2(c3cccc(Cl)c3)CCOCC2)cs1. The number of aromatic nitrogens is 1. The molecule has 1 aliphatic heterocycles. The van der Waals surface area contributed by atoms with Gasteiger partial charge in [0.1, 0.15) is 0 Å². The molecular formula is C26H26ClN3O3S. The number of para-hydroxylation sites is 1. The molecule has 8 heteroatoms. The van der Waals surface area contributed by atoms with Crippen molar-refractivity contribution in [1.29, 1.82) is 0 Å². The Hall–Kier alpha value is -3.00. The van der Waals surface area contributed by atoms with Crippen molar-refractivity contribution in [2.75, 3.05) is 24.7 Å². The quantitative estimate of drug-likeness (QED) is 0.448. The van der Waals surface area contributed by atoms with Crippen molar-refractivity contribution in [2.45, 2.75) is 25.2 Å². The van der Waals surface area contributed by atoms with Crippen molar-refractivity contribution in [1.82, 2.24) is 10.3 Å². The van der Waals surface area contributed by atoms with E-state index in [0.29, 0.717) is 35.6 Å². The van der Waals surface area contributed by atoms with Gasteiger partial charge in [-0.15, -0.1) is 11.3 Å². The molecule has 1 fully saturated rings. The summed E-state index contributed by atoms with van der Waals surface area (Å²) < 4.78 is 5.56. The van der Waals surface area contributed by atoms with Gasteiger partial charge in [0.25, 0.3) is 0 Å². The lowest BCUT2D eigenvalue weighted by molar-refractivity contribution is -0.117. The Labute approximate surface area is 208 Å². The fourth-order valence-corrected chi connectivity index (χ4v) is 5.13. The lowest BCUT2D eigenvalue weighted by atomic mass is 9.74. The normalized spacial score (nSPS) is 15.2. The molecule has 6 nitrogen and oxygen atoms in total. The molecule has 2 aromatic carbocycles. The average Bonchev–Trinajstić information content (AvgIpc) is 3.31. The van der Waals surface area contributed by atoms with E-state index >= 15 is 0 Å². The van der Waals surface area contributed by atoms with Crippen LogP contribution in [0.2, 0.25) is 5.02 Å². The van der Waals surface area contributed by atoms with Gasteiger partial charge in [-0.3, -0.25) is 14.5 Å². The smallest absolute Gasteiger partial charge is 0.244 e. The first kappa shape index (κ1) is 24.1. The summed E-state index contributed by atoms with van der Waals surface area (Å²) in [7, 11) is 0. The second-order valence-corrected chi connectivity index (χ2v) is 9.47. The van der Waals surface area contributed by atoms with E-state index in [2.05, 4.69) is 16.4 Å². The number of nitrogens with one attached hydrogen (secondary N) is 1. The van der Waals surface area contributed by atoms with Gasteiger partial charge in [-0.25, -0.2) is 4.98 Å². The van der Waals surface area contributed by atoms with Gasteiger partial charge >= 0.3 is 0 Å². The number of amides is 2. The van der Waals surface area contributed by atoms with Gasteiger partial charge in [-0.05, 0) is 48.7 Å². The summed E-state index contributed by atoms with van der Waals surface area (Å²) in [5.74, 6) is -0.328. The summed E-state index contributed by atoms with van der Waals surface area (Å²) in [5.41, 5.74) is 2.27. The predicted octanol–water partition coefficient (Wildman–Crippen LogP) is 5.36. The summed E-state index contributed by atoms with van der Waals surface area (Å²) in [6.07, 6.45) is 4.76. The van der Waals surface area contributed by atoms with Crippen LogP contribution in [0.4, 0.5) is 10.8 Å². The van der Waals surface area contributed by atoms with Crippen LogP contribution in [-0.2, 0) is 19.7 Å². The number of carbonyl (C=O) groups excluding carboxylic acids is 2. The summed E-state index contributed by atoms with van der Waals surface area (Å²) in [5, 5.41) is 6.11. The van der Waals surface area contributed by atoms with Crippen molar-refractivity contribution >= 4 is 51.6 Å². The largest absolute Gasteiger partial charge is 0.381 e. The second-order valence-electron chi connectivity index (χ2n) is 8.20. The molecule has 1 N–H and O–H groups in total. The molecule has 0 spiro atoms. The molecule has 1 saturated heterocycles. The molecule has 1 aliphatic rings. The minimum atomic E-state index is -0.210. The first-order valence-corrected chi connectivity index (χ1v) is 12.3. The van der Waals surface area contributed by atoms with Gasteiger partial charge in [0, 0.05) is 48.6 Å². The number of carbonyl (C=O) groups is 2. The van der Waals surface area contributed by atoms with Crippen LogP contribution in [0.1, 0.15) is 31.0 Å². The van der Waals surface area contributed by atoms with Crippen molar-refractivity contribution in [3.8, 4) is 0 Å². The molecule has 0 saturated carbocycles. The molecule has 1 aromatic heterocycles. The molecule has 3 aromatic rings. The number of ether oxygens (including phenoxy) is 1. The number of benzene rings is 2. The maximum absolute atomic E-state index is 12.6. The van der Waals surface area contributed by atoms with Crippen LogP contribution < -0.4 is 10.2 Å². The molecule has 34 heavy (non-hydrogen) atoms. The molecule has 176 valence electrons. The number of anilines is 2. The third-order valence-corrected chi connectivity index (χ3v) is 7.00. The fourth-order valence-electron chi connectivity index (χ4n) is 4.08. The fraction of sp³-hybridized carbons (Fsp3) is 0.269. The van der Waals surface area contributed by atoms with Crippen LogP contribution in [0.15, 0.2) is 66.1 Å². The van der Waals surface area contributed by atoms with Crippen LogP contribution >= 0.6 is 22.9 Å². The topological polar surface area (TPSA) is 71.5 Å². The maximum Gasteiger partial charge on any atom is 0.244 e. The molecule has 4 rings (SSSR count). The van der Waals surface area contributed by atoms with Gasteiger partial charge < -0.3 is 10.1 Å². The van der Waals surface area contributed by atoms with E-state index in [1.165, 1.54) is 24.3 Å². The summed E-state index contributed by atoms with van der Waals surface area (Å²) >= 11 is 7.58. The van der Waals surface area contributed by atoms with Gasteiger partial charge in [0.2, 0.25) is 11.8 Å². The number of rotatable bonds is 7. The zero-order chi connectivity index (χ0) is 24.0. The van der Waals surface area contributed by atoms with Crippen LogP contribution in [0.25, 0.3) is 6.08 Å². The van der Waals surface area contributed by atoms with E-state index in [4.69, 9.17) is 16.3 Å². The van der Waals surface area contributed by atoms with Gasteiger partial charge in [-0.1, -0.05) is 41.9 Å². The number of hydrogen-bond donors (Lipinski definition) is 1. The molecule has 2 heterocycles. The Morgan fingerprint density at radius 2 is 1.94 bits per heavy atom. The summed E-state index contributed by atoms with van der Waals surface area (Å²) in [4.78, 5) is 30.9. The molecule has 0 unspecified atom stereocenters. The molecule has 0 bridgehead atoms. The first-order chi connectivity index (χ1) is 16.5. The van der Waals surface area contributed by atoms with Gasteiger partial charge in [0.05, 0.1) is 11.4 Å². The lowest BCUT2D eigenvalue weighted by Crippen LogP contribution is -2.44. The Bertz CT molecular complexity index is 1170. The van der Waals surface area contributed by atoms with Crippen LogP contribution in [-0.4, -0.2) is 36.6 Å². The minimum absolute atomic E-state index is 0.128. The lowest BCUT2D eigenvalue weighted by Gasteiger charge is -2.38. The first-order valence-electron chi connectivity index (χ1n) is 11.1. The highest BCUT2D eigenvalue weighted by Crippen LogP contribution is 2.35. The van der Waals surface area contributed by atoms with Crippen molar-refractivity contribution in [2.24, 2.45) is 0 Å². The summed E-state index contributed by atoms with van der Waals surface area (Å²) in [6.45, 7) is 3.29. The van der Waals surface area contributed by atoms with Gasteiger partial charge in [-0.2, -0.15) is 0 Å². The van der Waals surface area contributed by atoms with E-state index in [9.17, 15) is 9.59 Å². The maximum atomic E-state index is 12.6. The third-order valence-electron chi connectivity index (χ3n) is 5.92. The molecule has 2 amide bonds. The van der Waals surface area contributed by atoms with Crippen LogP contribution in [0.3, 0.4) is 0 Å². The van der Waals surface area contributed by atoms with E-state index in [1.807, 2.05) is 53.9 Å².